The van der Waals surface area contributed by atoms with Crippen molar-refractivity contribution >= 4 is 17.5 Å². The Morgan fingerprint density at radius 2 is 1.41 bits per heavy atom. The van der Waals surface area contributed by atoms with E-state index in [0.29, 0.717) is 0 Å². The molecule has 1 atom stereocenters. The zero-order valence-corrected chi connectivity index (χ0v) is 16.8. The lowest BCUT2D eigenvalue weighted by Gasteiger charge is -2.38. The Morgan fingerprint density at radius 1 is 0.828 bits per heavy atom. The maximum atomic E-state index is 13.3. The Morgan fingerprint density at radius 3 is 2.03 bits per heavy atom. The molecule has 2 aliphatic heterocycles. The van der Waals surface area contributed by atoms with E-state index >= 15 is 0 Å². The number of carbonyl (C=O) groups is 2. The van der Waals surface area contributed by atoms with E-state index in [2.05, 4.69) is 10.2 Å². The normalized spacial score (nSPS) is 19.1. The number of hydrogen-bond donors (Lipinski definition) is 1. The smallest absolute Gasteiger partial charge is 0.244 e. The summed E-state index contributed by atoms with van der Waals surface area (Å²) in [6, 6.07) is 19.4. The van der Waals surface area contributed by atoms with Crippen LogP contribution in [0.3, 0.4) is 0 Å². The number of nitrogens with zero attached hydrogens (tertiary/aromatic N) is 2. The zero-order chi connectivity index (χ0) is 20.1. The van der Waals surface area contributed by atoms with Gasteiger partial charge in [0.2, 0.25) is 11.8 Å². The Bertz CT molecular complexity index is 811. The van der Waals surface area contributed by atoms with Crippen LogP contribution in [0.1, 0.15) is 37.3 Å². The number of para-hydroxylation sites is 1. The second-order valence-corrected chi connectivity index (χ2v) is 8.01. The van der Waals surface area contributed by atoms with Crippen molar-refractivity contribution in [2.75, 3.05) is 31.5 Å². The number of rotatable bonds is 5. The number of piperidine rings is 1. The van der Waals surface area contributed by atoms with Crippen LogP contribution < -0.4 is 5.32 Å². The van der Waals surface area contributed by atoms with Gasteiger partial charge in [-0.3, -0.25) is 14.5 Å². The van der Waals surface area contributed by atoms with Crippen LogP contribution in [0, 0.1) is 5.92 Å². The number of benzene rings is 2. The summed E-state index contributed by atoms with van der Waals surface area (Å²) in [4.78, 5) is 30.2. The van der Waals surface area contributed by atoms with Crippen molar-refractivity contribution < 1.29 is 9.59 Å². The number of amides is 2. The molecule has 2 aliphatic rings. The minimum atomic E-state index is -0.243. The van der Waals surface area contributed by atoms with Crippen LogP contribution in [0.25, 0.3) is 0 Å². The summed E-state index contributed by atoms with van der Waals surface area (Å²) in [5, 5.41) is 3.02. The van der Waals surface area contributed by atoms with Gasteiger partial charge in [0.25, 0.3) is 0 Å². The summed E-state index contributed by atoms with van der Waals surface area (Å²) >= 11 is 0. The molecule has 0 bridgehead atoms. The summed E-state index contributed by atoms with van der Waals surface area (Å²) in [7, 11) is 0. The molecule has 5 heteroatoms. The molecule has 2 aromatic carbocycles. The van der Waals surface area contributed by atoms with Gasteiger partial charge in [0.1, 0.15) is 6.04 Å². The maximum Gasteiger partial charge on any atom is 0.244 e. The summed E-state index contributed by atoms with van der Waals surface area (Å²) < 4.78 is 0. The first-order chi connectivity index (χ1) is 14.2. The monoisotopic (exact) mass is 391 g/mol. The molecule has 5 nitrogen and oxygen atoms in total. The highest BCUT2D eigenvalue weighted by molar-refractivity contribution is 5.92. The SMILES string of the molecule is O=C(Nc1ccccc1)C1CCN([C@@H](C(=O)N2CCCC2)c2ccccc2)CC1. The van der Waals surface area contributed by atoms with E-state index in [1.165, 1.54) is 0 Å². The van der Waals surface area contributed by atoms with Gasteiger partial charge in [-0.1, -0.05) is 48.5 Å². The lowest BCUT2D eigenvalue weighted by molar-refractivity contribution is -0.137. The Hall–Kier alpha value is -2.66. The van der Waals surface area contributed by atoms with Crippen molar-refractivity contribution in [1.82, 2.24) is 9.80 Å². The molecule has 0 unspecified atom stereocenters. The van der Waals surface area contributed by atoms with Crippen LogP contribution in [0.2, 0.25) is 0 Å². The second-order valence-electron chi connectivity index (χ2n) is 8.01. The van der Waals surface area contributed by atoms with Crippen molar-refractivity contribution in [3.05, 3.63) is 66.2 Å². The molecule has 2 fully saturated rings. The number of carbonyl (C=O) groups excluding carboxylic acids is 2. The molecule has 0 spiro atoms. The van der Waals surface area contributed by atoms with Crippen molar-refractivity contribution in [1.29, 1.82) is 0 Å². The van der Waals surface area contributed by atoms with Crippen LogP contribution in [-0.4, -0.2) is 47.8 Å². The average Bonchev–Trinajstić information content (AvgIpc) is 3.31. The summed E-state index contributed by atoms with van der Waals surface area (Å²) in [5.74, 6) is 0.281. The van der Waals surface area contributed by atoms with Crippen LogP contribution in [0.4, 0.5) is 5.69 Å². The highest BCUT2D eigenvalue weighted by Crippen LogP contribution is 2.30. The van der Waals surface area contributed by atoms with Crippen LogP contribution >= 0.6 is 0 Å². The van der Waals surface area contributed by atoms with E-state index in [1.807, 2.05) is 65.6 Å². The van der Waals surface area contributed by atoms with E-state index in [0.717, 1.165) is 63.1 Å². The Balaban J connectivity index is 1.42. The number of nitrogens with one attached hydrogen (secondary N) is 1. The highest BCUT2D eigenvalue weighted by atomic mass is 16.2. The van der Waals surface area contributed by atoms with Crippen LogP contribution in [0.15, 0.2) is 60.7 Å². The summed E-state index contributed by atoms with van der Waals surface area (Å²) in [5.41, 5.74) is 1.89. The fourth-order valence-electron chi connectivity index (χ4n) is 4.44. The van der Waals surface area contributed by atoms with Gasteiger partial charge < -0.3 is 10.2 Å². The Kier molecular flexibility index (Phi) is 6.25. The largest absolute Gasteiger partial charge is 0.341 e. The maximum absolute atomic E-state index is 13.3. The fourth-order valence-corrected chi connectivity index (χ4v) is 4.44. The molecule has 1 N–H and O–H groups in total. The predicted octanol–water partition coefficient (Wildman–Crippen LogP) is 3.70. The standard InChI is InChI=1S/C24H29N3O2/c28-23(25-21-11-5-2-6-12-21)20-13-17-26(18-14-20)22(19-9-3-1-4-10-19)24(29)27-15-7-8-16-27/h1-6,9-12,20,22H,7-8,13-18H2,(H,25,28)/t22-/m1/s1. The second kappa shape index (κ2) is 9.23. The molecular formula is C24H29N3O2. The van der Waals surface area contributed by atoms with E-state index in [1.54, 1.807) is 0 Å². The Labute approximate surface area is 172 Å². The first-order valence-corrected chi connectivity index (χ1v) is 10.7. The molecule has 0 saturated carbocycles. The van der Waals surface area contributed by atoms with Crippen molar-refractivity contribution in [3.63, 3.8) is 0 Å². The third-order valence-corrected chi connectivity index (χ3v) is 6.07. The van der Waals surface area contributed by atoms with Gasteiger partial charge in [0.05, 0.1) is 0 Å². The van der Waals surface area contributed by atoms with Crippen LogP contribution in [0.5, 0.6) is 0 Å². The lowest BCUT2D eigenvalue weighted by Crippen LogP contribution is -2.46. The van der Waals surface area contributed by atoms with Gasteiger partial charge in [0, 0.05) is 24.7 Å². The van der Waals surface area contributed by atoms with Gasteiger partial charge in [-0.15, -0.1) is 0 Å². The molecule has 152 valence electrons. The van der Waals surface area contributed by atoms with Gasteiger partial charge in [-0.25, -0.2) is 0 Å². The first-order valence-electron chi connectivity index (χ1n) is 10.7. The van der Waals surface area contributed by atoms with E-state index < -0.39 is 0 Å². The zero-order valence-electron chi connectivity index (χ0n) is 16.8. The summed E-state index contributed by atoms with van der Waals surface area (Å²) in [6.45, 7) is 3.23. The molecule has 29 heavy (non-hydrogen) atoms. The number of anilines is 1. The average molecular weight is 392 g/mol. The van der Waals surface area contributed by atoms with Crippen molar-refractivity contribution in [2.24, 2.45) is 5.92 Å². The molecule has 2 saturated heterocycles. The third-order valence-electron chi connectivity index (χ3n) is 6.07. The molecule has 0 aliphatic carbocycles. The molecule has 0 radical (unpaired) electrons. The van der Waals surface area contributed by atoms with Crippen molar-refractivity contribution in [2.45, 2.75) is 31.7 Å². The third kappa shape index (κ3) is 4.67. The minimum absolute atomic E-state index is 0.00947. The van der Waals surface area contributed by atoms with Gasteiger partial charge >= 0.3 is 0 Å². The molecule has 2 heterocycles. The van der Waals surface area contributed by atoms with E-state index in [4.69, 9.17) is 0 Å². The fraction of sp³-hybridized carbons (Fsp3) is 0.417. The summed E-state index contributed by atoms with van der Waals surface area (Å²) in [6.07, 6.45) is 3.73. The van der Waals surface area contributed by atoms with E-state index in [-0.39, 0.29) is 23.8 Å². The van der Waals surface area contributed by atoms with Gasteiger partial charge in [-0.05, 0) is 56.5 Å². The molecule has 2 amide bonds. The van der Waals surface area contributed by atoms with Crippen LogP contribution in [-0.2, 0) is 9.59 Å². The van der Waals surface area contributed by atoms with Gasteiger partial charge in [0.15, 0.2) is 0 Å². The van der Waals surface area contributed by atoms with E-state index in [9.17, 15) is 9.59 Å². The van der Waals surface area contributed by atoms with Gasteiger partial charge in [-0.2, -0.15) is 0 Å². The lowest BCUT2D eigenvalue weighted by atomic mass is 9.93. The topological polar surface area (TPSA) is 52.7 Å². The van der Waals surface area contributed by atoms with Crippen molar-refractivity contribution in [3.8, 4) is 0 Å². The highest BCUT2D eigenvalue weighted by Gasteiger charge is 2.35. The number of likely N-dealkylation sites (tertiary alicyclic amines) is 2. The quantitative estimate of drug-likeness (QED) is 0.846. The molecular weight excluding hydrogens is 362 g/mol. The first kappa shape index (κ1) is 19.6. The minimum Gasteiger partial charge on any atom is -0.341 e. The molecule has 2 aromatic rings. The number of hydrogen-bond acceptors (Lipinski definition) is 3. The molecule has 0 aromatic heterocycles. The molecule has 4 rings (SSSR count). The predicted molar refractivity (Wildman–Crippen MR) is 114 cm³/mol.